The lowest BCUT2D eigenvalue weighted by Gasteiger charge is -2.55. The third-order valence-corrected chi connectivity index (χ3v) is 5.93. The Morgan fingerprint density at radius 2 is 1.70 bits per heavy atom. The summed E-state index contributed by atoms with van der Waals surface area (Å²) in [6.45, 7) is 3.49. The maximum absolute atomic E-state index is 12.6. The highest BCUT2D eigenvalue weighted by molar-refractivity contribution is 5.95. The number of ether oxygens (including phenoxy) is 1. The lowest BCUT2D eigenvalue weighted by atomic mass is 9.66. The molecular formula is C20H21NO2. The Bertz CT molecular complexity index is 741. The molecule has 4 fully saturated rings. The zero-order chi connectivity index (χ0) is 15.4. The van der Waals surface area contributed by atoms with Gasteiger partial charge in [-0.1, -0.05) is 30.3 Å². The van der Waals surface area contributed by atoms with Crippen LogP contribution in [0.5, 0.6) is 0 Å². The number of carbonyl (C=O) groups is 1. The number of benzene rings is 2. The van der Waals surface area contributed by atoms with Crippen molar-refractivity contribution in [3.8, 4) is 0 Å². The molecule has 4 bridgehead atoms. The number of fused-ring (bicyclic) bond motifs is 1. The van der Waals surface area contributed by atoms with Crippen LogP contribution in [0.25, 0.3) is 10.8 Å². The first kappa shape index (κ1) is 13.6. The highest BCUT2D eigenvalue weighted by Gasteiger charge is 2.49. The normalized spacial score (nSPS) is 34.7. The first-order chi connectivity index (χ1) is 11.3. The van der Waals surface area contributed by atoms with Gasteiger partial charge in [0.15, 0.2) is 0 Å². The second-order valence-corrected chi connectivity index (χ2v) is 7.51. The molecule has 4 aliphatic rings. The number of hydrogen-bond acceptors (Lipinski definition) is 3. The predicted octanol–water partition coefficient (Wildman–Crippen LogP) is 3.34. The monoisotopic (exact) mass is 307 g/mol. The van der Waals surface area contributed by atoms with Gasteiger partial charge in [0.05, 0.1) is 5.56 Å². The number of carbonyl (C=O) groups excluding carboxylic acids is 1. The van der Waals surface area contributed by atoms with Crippen LogP contribution in [-0.2, 0) is 4.74 Å². The van der Waals surface area contributed by atoms with E-state index in [0.29, 0.717) is 17.4 Å². The molecule has 0 radical (unpaired) electrons. The largest absolute Gasteiger partial charge is 0.458 e. The number of rotatable bonds is 2. The molecule has 3 heteroatoms. The van der Waals surface area contributed by atoms with Crippen LogP contribution < -0.4 is 0 Å². The fourth-order valence-corrected chi connectivity index (χ4v) is 5.06. The molecule has 0 amide bonds. The van der Waals surface area contributed by atoms with Crippen molar-refractivity contribution >= 4 is 16.7 Å². The van der Waals surface area contributed by atoms with Crippen molar-refractivity contribution in [2.45, 2.75) is 18.9 Å². The van der Waals surface area contributed by atoms with E-state index in [2.05, 4.69) is 11.0 Å². The van der Waals surface area contributed by atoms with Crippen molar-refractivity contribution in [3.05, 3.63) is 48.0 Å². The molecule has 118 valence electrons. The number of nitrogens with zero attached hydrogens (tertiary/aromatic N) is 1. The molecule has 6 rings (SSSR count). The molecule has 3 heterocycles. The summed E-state index contributed by atoms with van der Waals surface area (Å²) in [6, 6.07) is 14.0. The maximum atomic E-state index is 12.6. The van der Waals surface area contributed by atoms with Gasteiger partial charge in [0, 0.05) is 31.5 Å². The second kappa shape index (κ2) is 5.07. The summed E-state index contributed by atoms with van der Waals surface area (Å²) >= 11 is 0. The fraction of sp³-hybridized carbons (Fsp3) is 0.450. The van der Waals surface area contributed by atoms with E-state index < -0.39 is 0 Å². The van der Waals surface area contributed by atoms with Gasteiger partial charge in [0.2, 0.25) is 0 Å². The Hall–Kier alpha value is -1.87. The molecule has 2 atom stereocenters. The smallest absolute Gasteiger partial charge is 0.338 e. The molecule has 2 unspecified atom stereocenters. The highest BCUT2D eigenvalue weighted by Crippen LogP contribution is 2.44. The van der Waals surface area contributed by atoms with Gasteiger partial charge < -0.3 is 9.64 Å². The highest BCUT2D eigenvalue weighted by atomic mass is 16.5. The zero-order valence-electron chi connectivity index (χ0n) is 13.2. The summed E-state index contributed by atoms with van der Waals surface area (Å²) in [5, 5.41) is 2.25. The van der Waals surface area contributed by atoms with Crippen LogP contribution in [0.2, 0.25) is 0 Å². The minimum atomic E-state index is -0.150. The molecular weight excluding hydrogens is 286 g/mol. The molecule has 0 N–H and O–H groups in total. The van der Waals surface area contributed by atoms with Crippen molar-refractivity contribution in [3.63, 3.8) is 0 Å². The standard InChI is InChI=1S/C20H21NO2/c22-20(16-6-5-14-3-1-2-4-15(14)9-16)23-19-17-7-13-8-18(19)12-21(10-13)11-17/h1-6,9,13,17-19H,7-8,10-12H2. The van der Waals surface area contributed by atoms with E-state index in [9.17, 15) is 4.79 Å². The molecule has 23 heavy (non-hydrogen) atoms. The Morgan fingerprint density at radius 3 is 2.43 bits per heavy atom. The second-order valence-electron chi connectivity index (χ2n) is 7.51. The Kier molecular flexibility index (Phi) is 2.99. The van der Waals surface area contributed by atoms with Crippen molar-refractivity contribution in [2.24, 2.45) is 17.8 Å². The van der Waals surface area contributed by atoms with Gasteiger partial charge in [-0.05, 0) is 41.7 Å². The first-order valence-corrected chi connectivity index (χ1v) is 8.68. The number of esters is 1. The molecule has 1 saturated carbocycles. The Balaban J connectivity index is 1.38. The topological polar surface area (TPSA) is 29.5 Å². The maximum Gasteiger partial charge on any atom is 0.338 e. The Labute approximate surface area is 136 Å². The van der Waals surface area contributed by atoms with E-state index >= 15 is 0 Å². The van der Waals surface area contributed by atoms with Crippen LogP contribution in [0.3, 0.4) is 0 Å². The summed E-state index contributed by atoms with van der Waals surface area (Å²) < 4.78 is 6.00. The summed E-state index contributed by atoms with van der Waals surface area (Å²) in [6.07, 6.45) is 2.60. The summed E-state index contributed by atoms with van der Waals surface area (Å²) in [7, 11) is 0. The van der Waals surface area contributed by atoms with E-state index in [1.165, 1.54) is 19.4 Å². The van der Waals surface area contributed by atoms with E-state index in [1.54, 1.807) is 0 Å². The predicted molar refractivity (Wildman–Crippen MR) is 89.3 cm³/mol. The van der Waals surface area contributed by atoms with Crippen LogP contribution in [0.1, 0.15) is 23.2 Å². The fourth-order valence-electron chi connectivity index (χ4n) is 5.06. The number of piperidine rings is 3. The average Bonchev–Trinajstić information content (AvgIpc) is 2.57. The quantitative estimate of drug-likeness (QED) is 0.797. The van der Waals surface area contributed by atoms with Crippen molar-refractivity contribution in [2.75, 3.05) is 19.6 Å². The lowest BCUT2D eigenvalue weighted by molar-refractivity contribution is -0.116. The summed E-state index contributed by atoms with van der Waals surface area (Å²) in [5.74, 6) is 1.78. The Morgan fingerprint density at radius 1 is 0.957 bits per heavy atom. The van der Waals surface area contributed by atoms with Gasteiger partial charge in [-0.2, -0.15) is 0 Å². The van der Waals surface area contributed by atoms with Gasteiger partial charge in [0.1, 0.15) is 6.10 Å². The van der Waals surface area contributed by atoms with Crippen LogP contribution in [0, 0.1) is 17.8 Å². The molecule has 2 aromatic carbocycles. The van der Waals surface area contributed by atoms with Crippen molar-refractivity contribution in [1.29, 1.82) is 0 Å². The molecule has 3 saturated heterocycles. The molecule has 0 spiro atoms. The van der Waals surface area contributed by atoms with E-state index in [0.717, 1.165) is 29.8 Å². The van der Waals surface area contributed by atoms with Crippen LogP contribution >= 0.6 is 0 Å². The zero-order valence-corrected chi connectivity index (χ0v) is 13.2. The van der Waals surface area contributed by atoms with Crippen LogP contribution in [-0.4, -0.2) is 36.6 Å². The lowest BCUT2D eigenvalue weighted by Crippen LogP contribution is -2.60. The van der Waals surface area contributed by atoms with Gasteiger partial charge >= 0.3 is 5.97 Å². The van der Waals surface area contributed by atoms with Gasteiger partial charge in [-0.25, -0.2) is 4.79 Å². The van der Waals surface area contributed by atoms with Crippen LogP contribution in [0.4, 0.5) is 0 Å². The molecule has 1 aliphatic carbocycles. The minimum Gasteiger partial charge on any atom is -0.458 e. The summed E-state index contributed by atoms with van der Waals surface area (Å²) in [4.78, 5) is 15.2. The number of hydrogen-bond donors (Lipinski definition) is 0. The first-order valence-electron chi connectivity index (χ1n) is 8.68. The SMILES string of the molecule is O=C(OC1C2CC3CC1CN(C3)C2)c1ccc2ccccc2c1. The molecule has 0 aromatic heterocycles. The molecule has 3 aliphatic heterocycles. The van der Waals surface area contributed by atoms with Crippen molar-refractivity contribution in [1.82, 2.24) is 4.90 Å². The third kappa shape index (κ3) is 2.26. The van der Waals surface area contributed by atoms with Gasteiger partial charge in [-0.3, -0.25) is 0 Å². The third-order valence-electron chi connectivity index (χ3n) is 5.93. The van der Waals surface area contributed by atoms with Crippen molar-refractivity contribution < 1.29 is 9.53 Å². The molecule has 3 nitrogen and oxygen atoms in total. The van der Waals surface area contributed by atoms with E-state index in [1.807, 2.05) is 36.4 Å². The van der Waals surface area contributed by atoms with Gasteiger partial charge in [0.25, 0.3) is 0 Å². The van der Waals surface area contributed by atoms with E-state index in [-0.39, 0.29) is 12.1 Å². The van der Waals surface area contributed by atoms with Gasteiger partial charge in [-0.15, -0.1) is 0 Å². The summed E-state index contributed by atoms with van der Waals surface area (Å²) in [5.41, 5.74) is 0.679. The van der Waals surface area contributed by atoms with E-state index in [4.69, 9.17) is 4.74 Å². The van der Waals surface area contributed by atoms with Crippen LogP contribution in [0.15, 0.2) is 42.5 Å². The average molecular weight is 307 g/mol. The molecule has 2 aromatic rings. The minimum absolute atomic E-state index is 0.127.